The van der Waals surface area contributed by atoms with Gasteiger partial charge in [-0.05, 0) is 13.3 Å². The van der Waals surface area contributed by atoms with Gasteiger partial charge in [-0.15, -0.1) is 0 Å². The summed E-state index contributed by atoms with van der Waals surface area (Å²) in [6.07, 6.45) is -0.837. The normalized spacial score (nSPS) is 19.7. The van der Waals surface area contributed by atoms with Crippen LogP contribution in [0.4, 0.5) is 5.69 Å². The number of sulfone groups is 1. The van der Waals surface area contributed by atoms with Crippen LogP contribution in [-0.2, 0) is 24.2 Å². The number of carbonyl (C=O) groups is 2. The topological polar surface area (TPSA) is 108 Å². The van der Waals surface area contributed by atoms with Crippen molar-refractivity contribution < 1.29 is 32.2 Å². The summed E-state index contributed by atoms with van der Waals surface area (Å²) in [5, 5.41) is 2.61. The third-order valence-corrected chi connectivity index (χ3v) is 5.61. The SMILES string of the molecule is COc1cc(NC(=O)[C@H](C)OC(=O)[C@H]2CCS(=O)(=O)C2)cc(OC)c1. The number of anilines is 1. The number of rotatable bonds is 6. The fourth-order valence-electron chi connectivity index (χ4n) is 2.43. The van der Waals surface area contributed by atoms with Gasteiger partial charge in [-0.3, -0.25) is 9.59 Å². The second-order valence-corrected chi connectivity index (χ2v) is 8.00. The molecule has 1 aromatic carbocycles. The lowest BCUT2D eigenvalue weighted by Crippen LogP contribution is -2.32. The van der Waals surface area contributed by atoms with Crippen molar-refractivity contribution in [1.29, 1.82) is 0 Å². The van der Waals surface area contributed by atoms with Crippen LogP contribution in [0.1, 0.15) is 13.3 Å². The summed E-state index contributed by atoms with van der Waals surface area (Å²) in [4.78, 5) is 24.2. The molecule has 1 heterocycles. The maximum atomic E-state index is 12.2. The first-order chi connectivity index (χ1) is 11.7. The van der Waals surface area contributed by atoms with Crippen LogP contribution in [0.5, 0.6) is 11.5 Å². The molecule has 1 saturated heterocycles. The Hall–Kier alpha value is -2.29. The highest BCUT2D eigenvalue weighted by Crippen LogP contribution is 2.26. The van der Waals surface area contributed by atoms with Crippen LogP contribution in [0.15, 0.2) is 18.2 Å². The first-order valence-electron chi connectivity index (χ1n) is 7.69. The van der Waals surface area contributed by atoms with E-state index >= 15 is 0 Å². The average molecular weight is 371 g/mol. The van der Waals surface area contributed by atoms with E-state index in [1.165, 1.54) is 21.1 Å². The Morgan fingerprint density at radius 3 is 2.24 bits per heavy atom. The van der Waals surface area contributed by atoms with E-state index in [1.54, 1.807) is 18.2 Å². The third-order valence-electron chi connectivity index (χ3n) is 3.85. The zero-order valence-electron chi connectivity index (χ0n) is 14.3. The van der Waals surface area contributed by atoms with Crippen molar-refractivity contribution in [3.05, 3.63) is 18.2 Å². The van der Waals surface area contributed by atoms with Gasteiger partial charge in [0.15, 0.2) is 15.9 Å². The van der Waals surface area contributed by atoms with Gasteiger partial charge in [0, 0.05) is 23.9 Å². The Balaban J connectivity index is 1.97. The number of ether oxygens (including phenoxy) is 3. The van der Waals surface area contributed by atoms with Crippen LogP contribution in [0.25, 0.3) is 0 Å². The molecule has 0 bridgehead atoms. The molecule has 0 aliphatic carbocycles. The molecule has 1 amide bonds. The van der Waals surface area contributed by atoms with Gasteiger partial charge in [-0.1, -0.05) is 0 Å². The van der Waals surface area contributed by atoms with Gasteiger partial charge >= 0.3 is 5.97 Å². The summed E-state index contributed by atoms with van der Waals surface area (Å²) in [5.41, 5.74) is 0.424. The Morgan fingerprint density at radius 2 is 1.76 bits per heavy atom. The largest absolute Gasteiger partial charge is 0.497 e. The lowest BCUT2D eigenvalue weighted by molar-refractivity contribution is -0.156. The lowest BCUT2D eigenvalue weighted by Gasteiger charge is -2.16. The molecule has 2 rings (SSSR count). The molecule has 138 valence electrons. The van der Waals surface area contributed by atoms with E-state index < -0.39 is 33.7 Å². The smallest absolute Gasteiger partial charge is 0.310 e. The number of carbonyl (C=O) groups excluding carboxylic acids is 2. The van der Waals surface area contributed by atoms with Gasteiger partial charge in [-0.25, -0.2) is 8.42 Å². The maximum absolute atomic E-state index is 12.2. The number of amides is 1. The van der Waals surface area contributed by atoms with Crippen molar-refractivity contribution in [3.63, 3.8) is 0 Å². The average Bonchev–Trinajstić information content (AvgIpc) is 2.94. The predicted molar refractivity (Wildman–Crippen MR) is 90.5 cm³/mol. The minimum Gasteiger partial charge on any atom is -0.497 e. The van der Waals surface area contributed by atoms with Crippen LogP contribution in [0.3, 0.4) is 0 Å². The molecule has 1 aliphatic rings. The van der Waals surface area contributed by atoms with Crippen molar-refractivity contribution in [1.82, 2.24) is 0 Å². The highest BCUT2D eigenvalue weighted by molar-refractivity contribution is 7.91. The molecule has 0 aromatic heterocycles. The van der Waals surface area contributed by atoms with Crippen LogP contribution >= 0.6 is 0 Å². The first-order valence-corrected chi connectivity index (χ1v) is 9.51. The second kappa shape index (κ2) is 7.73. The molecule has 0 radical (unpaired) electrons. The van der Waals surface area contributed by atoms with Crippen LogP contribution in [0.2, 0.25) is 0 Å². The molecule has 1 aromatic rings. The summed E-state index contributed by atoms with van der Waals surface area (Å²) in [6.45, 7) is 1.42. The second-order valence-electron chi connectivity index (χ2n) is 5.77. The Morgan fingerprint density at radius 1 is 1.16 bits per heavy atom. The zero-order chi connectivity index (χ0) is 18.6. The Bertz CT molecular complexity index is 737. The number of nitrogens with one attached hydrogen (secondary N) is 1. The van der Waals surface area contributed by atoms with Gasteiger partial charge < -0.3 is 19.5 Å². The van der Waals surface area contributed by atoms with Crippen molar-refractivity contribution >= 4 is 27.4 Å². The fourth-order valence-corrected chi connectivity index (χ4v) is 4.15. The van der Waals surface area contributed by atoms with Crippen molar-refractivity contribution in [2.45, 2.75) is 19.4 Å². The van der Waals surface area contributed by atoms with Crippen LogP contribution in [-0.4, -0.2) is 52.1 Å². The molecule has 8 nitrogen and oxygen atoms in total. The number of esters is 1. The van der Waals surface area contributed by atoms with Crippen LogP contribution < -0.4 is 14.8 Å². The van der Waals surface area contributed by atoms with Crippen molar-refractivity contribution in [2.24, 2.45) is 5.92 Å². The number of methoxy groups -OCH3 is 2. The van der Waals surface area contributed by atoms with E-state index in [0.29, 0.717) is 17.2 Å². The summed E-state index contributed by atoms with van der Waals surface area (Å²) in [5.74, 6) is -1.19. The molecule has 1 fully saturated rings. The molecule has 0 spiro atoms. The van der Waals surface area contributed by atoms with E-state index in [1.807, 2.05) is 0 Å². The monoisotopic (exact) mass is 371 g/mol. The third kappa shape index (κ3) is 5.09. The highest BCUT2D eigenvalue weighted by atomic mass is 32.2. The summed E-state index contributed by atoms with van der Waals surface area (Å²) >= 11 is 0. The molecule has 0 saturated carbocycles. The maximum Gasteiger partial charge on any atom is 0.310 e. The molecule has 1 N–H and O–H groups in total. The van der Waals surface area contributed by atoms with Gasteiger partial charge in [0.25, 0.3) is 5.91 Å². The summed E-state index contributed by atoms with van der Waals surface area (Å²) in [6, 6.07) is 4.84. The van der Waals surface area contributed by atoms with Crippen molar-refractivity contribution in [3.8, 4) is 11.5 Å². The van der Waals surface area contributed by atoms with E-state index in [0.717, 1.165) is 0 Å². The Kier molecular flexibility index (Phi) is 5.89. The number of hydrogen-bond donors (Lipinski definition) is 1. The van der Waals surface area contributed by atoms with E-state index in [4.69, 9.17) is 14.2 Å². The molecule has 0 unspecified atom stereocenters. The van der Waals surface area contributed by atoms with E-state index in [2.05, 4.69) is 5.32 Å². The molecule has 9 heteroatoms. The highest BCUT2D eigenvalue weighted by Gasteiger charge is 2.35. The Labute approximate surface area is 146 Å². The van der Waals surface area contributed by atoms with Gasteiger partial charge in [0.2, 0.25) is 0 Å². The minimum atomic E-state index is -3.19. The fraction of sp³-hybridized carbons (Fsp3) is 0.500. The first kappa shape index (κ1) is 19.0. The van der Waals surface area contributed by atoms with E-state index in [-0.39, 0.29) is 17.9 Å². The molecule has 1 aliphatic heterocycles. The van der Waals surface area contributed by atoms with Gasteiger partial charge in [-0.2, -0.15) is 0 Å². The standard InChI is InChI=1S/C16H21NO7S/c1-10(24-16(19)11-4-5-25(20,21)9-11)15(18)17-12-6-13(22-2)8-14(7-12)23-3/h6-8,10-11H,4-5,9H2,1-3H3,(H,17,18)/t10-,11-/m0/s1. The van der Waals surface area contributed by atoms with Gasteiger partial charge in [0.05, 0.1) is 31.6 Å². The zero-order valence-corrected chi connectivity index (χ0v) is 15.1. The number of hydrogen-bond acceptors (Lipinski definition) is 7. The van der Waals surface area contributed by atoms with Crippen molar-refractivity contribution in [2.75, 3.05) is 31.0 Å². The number of benzene rings is 1. The minimum absolute atomic E-state index is 0.0308. The lowest BCUT2D eigenvalue weighted by atomic mass is 10.1. The van der Waals surface area contributed by atoms with Crippen LogP contribution in [0, 0.1) is 5.92 Å². The summed E-state index contributed by atoms with van der Waals surface area (Å²) < 4.78 is 38.2. The quantitative estimate of drug-likeness (QED) is 0.744. The predicted octanol–water partition coefficient (Wildman–Crippen LogP) is 1.01. The molecule has 2 atom stereocenters. The van der Waals surface area contributed by atoms with E-state index in [9.17, 15) is 18.0 Å². The molecular weight excluding hydrogens is 350 g/mol. The summed E-state index contributed by atoms with van der Waals surface area (Å²) in [7, 11) is -0.217. The molecule has 25 heavy (non-hydrogen) atoms. The molecular formula is C16H21NO7S. The van der Waals surface area contributed by atoms with Gasteiger partial charge in [0.1, 0.15) is 11.5 Å².